The molecular weight excluding hydrogens is 244 g/mol. The zero-order chi connectivity index (χ0) is 10.7. The molecule has 0 nitrogen and oxygen atoms in total. The molecule has 0 atom stereocenters. The van der Waals surface area contributed by atoms with Crippen molar-refractivity contribution in [2.75, 3.05) is 11.5 Å². The first-order valence-electron chi connectivity index (χ1n) is 5.18. The van der Waals surface area contributed by atoms with E-state index < -0.39 is 0 Å². The molecule has 1 fully saturated rings. The van der Waals surface area contributed by atoms with Gasteiger partial charge in [-0.1, -0.05) is 29.8 Å². The Bertz CT molecular complexity index is 334. The van der Waals surface area contributed by atoms with Gasteiger partial charge in [-0.15, -0.1) is 0 Å². The van der Waals surface area contributed by atoms with Crippen LogP contribution in [0.5, 0.6) is 0 Å². The fourth-order valence-electron chi connectivity index (χ4n) is 1.52. The molecule has 0 aliphatic heterocycles. The van der Waals surface area contributed by atoms with Crippen molar-refractivity contribution in [3.05, 3.63) is 34.9 Å². The van der Waals surface area contributed by atoms with Gasteiger partial charge in [0.1, 0.15) is 0 Å². The van der Waals surface area contributed by atoms with Crippen LogP contribution in [0.25, 0.3) is 0 Å². The van der Waals surface area contributed by atoms with Gasteiger partial charge in [0.25, 0.3) is 0 Å². The molecule has 82 valence electrons. The molecule has 1 aromatic carbocycles. The monoisotopic (exact) mass is 258 g/mol. The van der Waals surface area contributed by atoms with Crippen molar-refractivity contribution in [3.8, 4) is 0 Å². The molecule has 0 heterocycles. The lowest BCUT2D eigenvalue weighted by Gasteiger charge is -2.11. The van der Waals surface area contributed by atoms with Crippen LogP contribution in [0.3, 0.4) is 0 Å². The molecule has 2 rings (SSSR count). The number of halogens is 1. The largest absolute Gasteiger partial charge is 0.179 e. The Morgan fingerprint density at radius 3 is 2.67 bits per heavy atom. The van der Waals surface area contributed by atoms with Crippen molar-refractivity contribution in [1.82, 2.24) is 0 Å². The first kappa shape index (κ1) is 11.7. The van der Waals surface area contributed by atoms with Gasteiger partial charge in [-0.2, -0.15) is 24.4 Å². The van der Waals surface area contributed by atoms with E-state index in [1.807, 2.05) is 30.0 Å². The maximum Gasteiger partial charge on any atom is 0.0446 e. The normalized spacial score (nSPS) is 17.7. The van der Waals surface area contributed by atoms with E-state index in [0.717, 1.165) is 16.5 Å². The molecule has 1 saturated carbocycles. The fraction of sp³-hybridized carbons (Fsp3) is 0.500. The van der Waals surface area contributed by atoms with Gasteiger partial charge in [-0.3, -0.25) is 0 Å². The summed E-state index contributed by atoms with van der Waals surface area (Å²) in [6, 6.07) is 8.10. The van der Waals surface area contributed by atoms with Gasteiger partial charge in [0.2, 0.25) is 0 Å². The Kier molecular flexibility index (Phi) is 3.92. The third-order valence-corrected chi connectivity index (χ3v) is 5.29. The summed E-state index contributed by atoms with van der Waals surface area (Å²) in [5.41, 5.74) is 1.80. The van der Waals surface area contributed by atoms with Gasteiger partial charge in [-0.05, 0) is 35.6 Å². The third-order valence-electron chi connectivity index (χ3n) is 2.92. The van der Waals surface area contributed by atoms with Crippen LogP contribution in [-0.2, 0) is 5.75 Å². The molecule has 0 aromatic heterocycles. The first-order valence-corrected chi connectivity index (χ1v) is 7.34. The standard InChI is InChI=1S/C12H15ClS2/c13-11-4-2-1-3-10(11)7-15-9-12(8-14)5-6-12/h1-4,14H,5-9H2. The van der Waals surface area contributed by atoms with E-state index in [1.165, 1.54) is 24.2 Å². The maximum atomic E-state index is 6.10. The van der Waals surface area contributed by atoms with E-state index in [-0.39, 0.29) is 0 Å². The third kappa shape index (κ3) is 3.08. The predicted octanol–water partition coefficient (Wildman–Crippen LogP) is 4.28. The van der Waals surface area contributed by atoms with Crippen LogP contribution >= 0.6 is 36.0 Å². The van der Waals surface area contributed by atoms with Crippen LogP contribution in [0.15, 0.2) is 24.3 Å². The Labute approximate surface area is 106 Å². The molecule has 0 amide bonds. The predicted molar refractivity (Wildman–Crippen MR) is 73.1 cm³/mol. The van der Waals surface area contributed by atoms with E-state index in [1.54, 1.807) is 0 Å². The van der Waals surface area contributed by atoms with Gasteiger partial charge in [0.15, 0.2) is 0 Å². The van der Waals surface area contributed by atoms with Crippen molar-refractivity contribution >= 4 is 36.0 Å². The summed E-state index contributed by atoms with van der Waals surface area (Å²) in [5, 5.41) is 0.890. The topological polar surface area (TPSA) is 0 Å². The summed E-state index contributed by atoms with van der Waals surface area (Å²) in [7, 11) is 0. The first-order chi connectivity index (χ1) is 7.26. The van der Waals surface area contributed by atoms with Crippen LogP contribution in [0.4, 0.5) is 0 Å². The second-order valence-electron chi connectivity index (χ2n) is 4.24. The number of rotatable bonds is 5. The Hall–Kier alpha value is 0.210. The molecule has 1 aliphatic rings. The summed E-state index contributed by atoms with van der Waals surface area (Å²) in [4.78, 5) is 0. The zero-order valence-corrected chi connectivity index (χ0v) is 11.0. The molecule has 0 unspecified atom stereocenters. The Morgan fingerprint density at radius 1 is 1.33 bits per heavy atom. The van der Waals surface area contributed by atoms with Crippen LogP contribution in [0.2, 0.25) is 5.02 Å². The minimum atomic E-state index is 0.551. The summed E-state index contributed by atoms with van der Waals surface area (Å²) < 4.78 is 0. The molecule has 0 radical (unpaired) electrons. The molecule has 0 N–H and O–H groups in total. The highest BCUT2D eigenvalue weighted by atomic mass is 35.5. The highest BCUT2D eigenvalue weighted by Gasteiger charge is 2.40. The smallest absolute Gasteiger partial charge is 0.0446 e. The average molecular weight is 259 g/mol. The summed E-state index contributed by atoms with van der Waals surface area (Å²) in [6.45, 7) is 0. The Morgan fingerprint density at radius 2 is 2.07 bits per heavy atom. The molecule has 3 heteroatoms. The molecular formula is C12H15ClS2. The average Bonchev–Trinajstić information content (AvgIpc) is 3.02. The number of thioether (sulfide) groups is 1. The maximum absolute atomic E-state index is 6.10. The van der Waals surface area contributed by atoms with Gasteiger partial charge in [-0.25, -0.2) is 0 Å². The summed E-state index contributed by atoms with van der Waals surface area (Å²) in [6.07, 6.45) is 2.71. The van der Waals surface area contributed by atoms with Crippen molar-refractivity contribution in [3.63, 3.8) is 0 Å². The number of thiol groups is 1. The van der Waals surface area contributed by atoms with Crippen LogP contribution in [0, 0.1) is 5.41 Å². The minimum absolute atomic E-state index is 0.551. The lowest BCUT2D eigenvalue weighted by molar-refractivity contribution is 0.683. The van der Waals surface area contributed by atoms with Gasteiger partial charge >= 0.3 is 0 Å². The highest BCUT2D eigenvalue weighted by Crippen LogP contribution is 2.49. The molecule has 1 aliphatic carbocycles. The van der Waals surface area contributed by atoms with Crippen molar-refractivity contribution in [1.29, 1.82) is 0 Å². The van der Waals surface area contributed by atoms with Crippen LogP contribution < -0.4 is 0 Å². The number of hydrogen-bond acceptors (Lipinski definition) is 2. The minimum Gasteiger partial charge on any atom is -0.179 e. The van der Waals surface area contributed by atoms with Crippen LogP contribution in [0.1, 0.15) is 18.4 Å². The molecule has 0 spiro atoms. The Balaban J connectivity index is 1.81. The van der Waals surface area contributed by atoms with Gasteiger partial charge < -0.3 is 0 Å². The van der Waals surface area contributed by atoms with Gasteiger partial charge in [0, 0.05) is 16.5 Å². The number of benzene rings is 1. The fourth-order valence-corrected chi connectivity index (χ4v) is 3.78. The molecule has 0 saturated heterocycles. The SMILES string of the molecule is SCC1(CSCc2ccccc2Cl)CC1. The zero-order valence-electron chi connectivity index (χ0n) is 8.58. The lowest BCUT2D eigenvalue weighted by Crippen LogP contribution is -2.05. The molecule has 15 heavy (non-hydrogen) atoms. The van der Waals surface area contributed by atoms with Crippen molar-refractivity contribution in [2.45, 2.75) is 18.6 Å². The molecule has 0 bridgehead atoms. The lowest BCUT2D eigenvalue weighted by atomic mass is 10.2. The van der Waals surface area contributed by atoms with Crippen LogP contribution in [-0.4, -0.2) is 11.5 Å². The summed E-state index contributed by atoms with van der Waals surface area (Å²) in [5.74, 6) is 3.28. The molecule has 1 aromatic rings. The van der Waals surface area contributed by atoms with E-state index in [0.29, 0.717) is 5.41 Å². The van der Waals surface area contributed by atoms with E-state index in [9.17, 15) is 0 Å². The van der Waals surface area contributed by atoms with E-state index >= 15 is 0 Å². The van der Waals surface area contributed by atoms with Crippen molar-refractivity contribution < 1.29 is 0 Å². The summed E-state index contributed by atoms with van der Waals surface area (Å²) >= 11 is 12.5. The number of hydrogen-bond donors (Lipinski definition) is 1. The highest BCUT2D eigenvalue weighted by molar-refractivity contribution is 7.98. The van der Waals surface area contributed by atoms with E-state index in [2.05, 4.69) is 18.7 Å². The second kappa shape index (κ2) is 5.03. The second-order valence-corrected chi connectivity index (χ2v) is 5.95. The van der Waals surface area contributed by atoms with E-state index in [4.69, 9.17) is 11.6 Å². The quantitative estimate of drug-likeness (QED) is 0.769. The van der Waals surface area contributed by atoms with Gasteiger partial charge in [0.05, 0.1) is 0 Å². The van der Waals surface area contributed by atoms with Crippen molar-refractivity contribution in [2.24, 2.45) is 5.41 Å².